The minimum atomic E-state index is -0.301. The molecule has 1 aliphatic heterocycles. The molecule has 0 aliphatic carbocycles. The number of aliphatic imine (C=N–C) groups is 1. The summed E-state index contributed by atoms with van der Waals surface area (Å²) in [6.45, 7) is 4.07. The average molecular weight is 203 g/mol. The molecule has 0 bridgehead atoms. The van der Waals surface area contributed by atoms with E-state index in [9.17, 15) is 4.79 Å². The SMILES string of the molecule is COC(=O)c1cccc2c1C(C)(C)C=N2. The Kier molecular flexibility index (Phi) is 2.11. The second kappa shape index (κ2) is 3.19. The van der Waals surface area contributed by atoms with Gasteiger partial charge in [-0.05, 0) is 12.1 Å². The lowest BCUT2D eigenvalue weighted by molar-refractivity contribution is 0.0598. The highest BCUT2D eigenvalue weighted by atomic mass is 16.5. The third kappa shape index (κ3) is 1.44. The maximum atomic E-state index is 11.6. The second-order valence-corrected chi connectivity index (χ2v) is 4.17. The Hall–Kier alpha value is -1.64. The Bertz CT molecular complexity index is 447. The fourth-order valence-electron chi connectivity index (χ4n) is 1.90. The van der Waals surface area contributed by atoms with Gasteiger partial charge in [0.25, 0.3) is 0 Å². The van der Waals surface area contributed by atoms with Gasteiger partial charge in [-0.2, -0.15) is 0 Å². The zero-order chi connectivity index (χ0) is 11.1. The van der Waals surface area contributed by atoms with Crippen molar-refractivity contribution in [2.75, 3.05) is 7.11 Å². The van der Waals surface area contributed by atoms with Crippen molar-refractivity contribution < 1.29 is 9.53 Å². The van der Waals surface area contributed by atoms with E-state index in [1.807, 2.05) is 32.2 Å². The molecule has 2 rings (SSSR count). The summed E-state index contributed by atoms with van der Waals surface area (Å²) >= 11 is 0. The molecular formula is C12H13NO2. The molecule has 0 saturated carbocycles. The van der Waals surface area contributed by atoms with Gasteiger partial charge in [0.1, 0.15) is 0 Å². The number of ether oxygens (including phenoxy) is 1. The highest BCUT2D eigenvalue weighted by molar-refractivity contribution is 5.98. The van der Waals surface area contributed by atoms with Crippen LogP contribution >= 0.6 is 0 Å². The molecule has 0 saturated heterocycles. The van der Waals surface area contributed by atoms with E-state index in [-0.39, 0.29) is 11.4 Å². The van der Waals surface area contributed by atoms with Crippen molar-refractivity contribution in [2.45, 2.75) is 19.3 Å². The number of benzene rings is 1. The van der Waals surface area contributed by atoms with E-state index in [2.05, 4.69) is 4.99 Å². The van der Waals surface area contributed by atoms with Crippen LogP contribution in [0.1, 0.15) is 29.8 Å². The summed E-state index contributed by atoms with van der Waals surface area (Å²) < 4.78 is 4.76. The number of hydrogen-bond acceptors (Lipinski definition) is 3. The minimum Gasteiger partial charge on any atom is -0.465 e. The Labute approximate surface area is 88.8 Å². The van der Waals surface area contributed by atoms with Crippen LogP contribution in [0, 0.1) is 0 Å². The maximum Gasteiger partial charge on any atom is 0.338 e. The van der Waals surface area contributed by atoms with Gasteiger partial charge >= 0.3 is 5.97 Å². The van der Waals surface area contributed by atoms with Crippen LogP contribution < -0.4 is 0 Å². The molecule has 0 N–H and O–H groups in total. The Morgan fingerprint density at radius 3 is 2.80 bits per heavy atom. The van der Waals surface area contributed by atoms with E-state index in [4.69, 9.17) is 4.74 Å². The van der Waals surface area contributed by atoms with Gasteiger partial charge in [0, 0.05) is 17.2 Å². The molecule has 0 atom stereocenters. The predicted octanol–water partition coefficient (Wildman–Crippen LogP) is 2.47. The summed E-state index contributed by atoms with van der Waals surface area (Å²) in [5.74, 6) is -0.301. The first-order chi connectivity index (χ1) is 7.06. The number of carbonyl (C=O) groups is 1. The van der Waals surface area contributed by atoms with E-state index in [1.165, 1.54) is 7.11 Å². The largest absolute Gasteiger partial charge is 0.465 e. The van der Waals surface area contributed by atoms with E-state index in [1.54, 1.807) is 6.07 Å². The van der Waals surface area contributed by atoms with Gasteiger partial charge in [0.2, 0.25) is 0 Å². The molecule has 1 aromatic carbocycles. The molecule has 3 nitrogen and oxygen atoms in total. The number of hydrogen-bond donors (Lipinski definition) is 0. The molecule has 1 aliphatic rings. The van der Waals surface area contributed by atoms with E-state index < -0.39 is 0 Å². The lowest BCUT2D eigenvalue weighted by Gasteiger charge is -2.18. The Morgan fingerprint density at radius 2 is 2.13 bits per heavy atom. The van der Waals surface area contributed by atoms with Gasteiger partial charge in [0.05, 0.1) is 18.4 Å². The van der Waals surface area contributed by atoms with Crippen molar-refractivity contribution in [3.05, 3.63) is 29.3 Å². The molecular weight excluding hydrogens is 190 g/mol. The fourth-order valence-corrected chi connectivity index (χ4v) is 1.90. The topological polar surface area (TPSA) is 38.7 Å². The van der Waals surface area contributed by atoms with Crippen molar-refractivity contribution >= 4 is 17.9 Å². The van der Waals surface area contributed by atoms with Crippen molar-refractivity contribution in [1.82, 2.24) is 0 Å². The quantitative estimate of drug-likeness (QED) is 0.657. The zero-order valence-electron chi connectivity index (χ0n) is 9.07. The fraction of sp³-hybridized carbons (Fsp3) is 0.333. The number of esters is 1. The molecule has 15 heavy (non-hydrogen) atoms. The number of carbonyl (C=O) groups excluding carboxylic acids is 1. The summed E-state index contributed by atoms with van der Waals surface area (Å²) in [7, 11) is 1.39. The third-order valence-electron chi connectivity index (χ3n) is 2.62. The summed E-state index contributed by atoms with van der Waals surface area (Å²) in [6, 6.07) is 5.51. The summed E-state index contributed by atoms with van der Waals surface area (Å²) in [4.78, 5) is 15.9. The first kappa shape index (κ1) is 9.90. The van der Waals surface area contributed by atoms with E-state index >= 15 is 0 Å². The van der Waals surface area contributed by atoms with Crippen molar-refractivity contribution in [2.24, 2.45) is 4.99 Å². The van der Waals surface area contributed by atoms with Gasteiger partial charge in [-0.1, -0.05) is 19.9 Å². The number of nitrogens with zero attached hydrogens (tertiary/aromatic N) is 1. The van der Waals surface area contributed by atoms with Crippen LogP contribution in [0.25, 0.3) is 0 Å². The zero-order valence-corrected chi connectivity index (χ0v) is 9.07. The number of fused-ring (bicyclic) bond motifs is 1. The summed E-state index contributed by atoms with van der Waals surface area (Å²) in [5, 5.41) is 0. The molecule has 3 heteroatoms. The minimum absolute atomic E-state index is 0.194. The first-order valence-electron chi connectivity index (χ1n) is 4.83. The van der Waals surface area contributed by atoms with Crippen molar-refractivity contribution in [1.29, 1.82) is 0 Å². The molecule has 0 unspecified atom stereocenters. The molecule has 1 heterocycles. The van der Waals surface area contributed by atoms with Gasteiger partial charge in [-0.15, -0.1) is 0 Å². The third-order valence-corrected chi connectivity index (χ3v) is 2.62. The van der Waals surface area contributed by atoms with Crippen LogP contribution in [0.15, 0.2) is 23.2 Å². The van der Waals surface area contributed by atoms with Crippen LogP contribution in [-0.4, -0.2) is 19.3 Å². The molecule has 1 aromatic rings. The molecule has 0 amide bonds. The molecule has 0 spiro atoms. The van der Waals surface area contributed by atoms with Crippen molar-refractivity contribution in [3.63, 3.8) is 0 Å². The lowest BCUT2D eigenvalue weighted by Crippen LogP contribution is -2.19. The normalized spacial score (nSPS) is 16.2. The lowest BCUT2D eigenvalue weighted by atomic mass is 9.84. The monoisotopic (exact) mass is 203 g/mol. The van der Waals surface area contributed by atoms with E-state index in [0.717, 1.165) is 11.3 Å². The van der Waals surface area contributed by atoms with Crippen molar-refractivity contribution in [3.8, 4) is 0 Å². The highest BCUT2D eigenvalue weighted by Crippen LogP contribution is 2.38. The van der Waals surface area contributed by atoms with Crippen LogP contribution in [-0.2, 0) is 10.2 Å². The highest BCUT2D eigenvalue weighted by Gasteiger charge is 2.31. The van der Waals surface area contributed by atoms with Gasteiger partial charge in [0.15, 0.2) is 0 Å². The van der Waals surface area contributed by atoms with Gasteiger partial charge < -0.3 is 4.74 Å². The smallest absolute Gasteiger partial charge is 0.338 e. The maximum absolute atomic E-state index is 11.6. The van der Waals surface area contributed by atoms with Gasteiger partial charge in [-0.3, -0.25) is 4.99 Å². The average Bonchev–Trinajstić information content (AvgIpc) is 2.54. The Balaban J connectivity index is 2.62. The standard InChI is InChI=1S/C12H13NO2/c1-12(2)7-13-9-6-4-5-8(10(9)12)11(14)15-3/h4-7H,1-3H3. The summed E-state index contributed by atoms with van der Waals surface area (Å²) in [6.07, 6.45) is 1.87. The molecule has 0 radical (unpaired) electrons. The second-order valence-electron chi connectivity index (χ2n) is 4.17. The number of rotatable bonds is 1. The number of methoxy groups -OCH3 is 1. The Morgan fingerprint density at radius 1 is 1.40 bits per heavy atom. The van der Waals surface area contributed by atoms with Crippen LogP contribution in [0.4, 0.5) is 5.69 Å². The van der Waals surface area contributed by atoms with Crippen LogP contribution in [0.3, 0.4) is 0 Å². The molecule has 0 fully saturated rings. The van der Waals surface area contributed by atoms with Crippen LogP contribution in [0.5, 0.6) is 0 Å². The van der Waals surface area contributed by atoms with Crippen LogP contribution in [0.2, 0.25) is 0 Å². The molecule has 0 aromatic heterocycles. The van der Waals surface area contributed by atoms with E-state index in [0.29, 0.717) is 5.56 Å². The van der Waals surface area contributed by atoms with Gasteiger partial charge in [-0.25, -0.2) is 4.79 Å². The summed E-state index contributed by atoms with van der Waals surface area (Å²) in [5.41, 5.74) is 2.23. The molecule has 78 valence electrons. The predicted molar refractivity (Wildman–Crippen MR) is 59.0 cm³/mol. The first-order valence-corrected chi connectivity index (χ1v) is 4.83.